The van der Waals surface area contributed by atoms with Gasteiger partial charge in [0.15, 0.2) is 0 Å². The average molecular weight is 494 g/mol. The van der Waals surface area contributed by atoms with E-state index in [4.69, 9.17) is 9.72 Å². The molecular formula is C26H27N3O3S2. The van der Waals surface area contributed by atoms with E-state index in [2.05, 4.69) is 0 Å². The van der Waals surface area contributed by atoms with Crippen LogP contribution in [-0.4, -0.2) is 27.5 Å². The van der Waals surface area contributed by atoms with Crippen molar-refractivity contribution < 1.29 is 9.53 Å². The minimum absolute atomic E-state index is 0.00997. The molecule has 1 aliphatic heterocycles. The fraction of sp³-hybridized carbons (Fsp3) is 0.346. The monoisotopic (exact) mass is 493 g/mol. The summed E-state index contributed by atoms with van der Waals surface area (Å²) in [7, 11) is 1.64. The second-order valence-electron chi connectivity index (χ2n) is 8.58. The first-order chi connectivity index (χ1) is 16.6. The van der Waals surface area contributed by atoms with E-state index in [9.17, 15) is 9.59 Å². The third kappa shape index (κ3) is 4.28. The summed E-state index contributed by atoms with van der Waals surface area (Å²) in [6.45, 7) is 3.49. The molecule has 34 heavy (non-hydrogen) atoms. The number of para-hydroxylation sites is 1. The number of hydrogen-bond acceptors (Lipinski definition) is 6. The molecule has 0 N–H and O–H groups in total. The number of aryl methyl sites for hydroxylation is 2. The number of ether oxygens (including phenoxy) is 1. The van der Waals surface area contributed by atoms with E-state index in [1.165, 1.54) is 11.3 Å². The van der Waals surface area contributed by atoms with Crippen LogP contribution in [0.1, 0.15) is 50.8 Å². The van der Waals surface area contributed by atoms with Gasteiger partial charge in [-0.25, -0.2) is 4.98 Å². The maximum Gasteiger partial charge on any atom is 0.264 e. The molecule has 0 saturated carbocycles. The lowest BCUT2D eigenvalue weighted by Gasteiger charge is -2.23. The Labute approximate surface area is 206 Å². The van der Waals surface area contributed by atoms with Crippen molar-refractivity contribution in [2.45, 2.75) is 52.2 Å². The molecule has 6 nitrogen and oxygen atoms in total. The minimum atomic E-state index is -0.0839. The van der Waals surface area contributed by atoms with E-state index in [-0.39, 0.29) is 11.5 Å². The SMILES string of the molecule is COc1ccccc1CN(Cc1cccs1)C(=O)c1sc2nc3n(c(=O)c2c1C)CCCCC3. The van der Waals surface area contributed by atoms with Gasteiger partial charge in [0, 0.05) is 23.4 Å². The number of amides is 1. The Balaban J connectivity index is 1.56. The molecule has 0 atom stereocenters. The molecule has 0 fully saturated rings. The fourth-order valence-electron chi connectivity index (χ4n) is 4.59. The predicted octanol–water partition coefficient (Wildman–Crippen LogP) is 5.41. The van der Waals surface area contributed by atoms with Crippen molar-refractivity contribution in [2.24, 2.45) is 0 Å². The third-order valence-electron chi connectivity index (χ3n) is 6.37. The Morgan fingerprint density at radius 2 is 2.00 bits per heavy atom. The highest BCUT2D eigenvalue weighted by Gasteiger charge is 2.26. The topological polar surface area (TPSA) is 64.4 Å². The van der Waals surface area contributed by atoms with Gasteiger partial charge in [0.1, 0.15) is 16.4 Å². The summed E-state index contributed by atoms with van der Waals surface area (Å²) in [5.41, 5.74) is 1.67. The number of thiophene rings is 2. The molecule has 8 heteroatoms. The Hall–Kier alpha value is -2.97. The molecule has 0 radical (unpaired) electrons. The minimum Gasteiger partial charge on any atom is -0.496 e. The number of carbonyl (C=O) groups is 1. The van der Waals surface area contributed by atoms with Gasteiger partial charge < -0.3 is 9.64 Å². The lowest BCUT2D eigenvalue weighted by atomic mass is 10.1. The van der Waals surface area contributed by atoms with Crippen molar-refractivity contribution in [3.8, 4) is 5.75 Å². The quantitative estimate of drug-likeness (QED) is 0.361. The van der Waals surface area contributed by atoms with Crippen molar-refractivity contribution >= 4 is 38.8 Å². The lowest BCUT2D eigenvalue weighted by molar-refractivity contribution is 0.0735. The molecule has 3 aromatic heterocycles. The van der Waals surface area contributed by atoms with Crippen LogP contribution in [0.3, 0.4) is 0 Å². The zero-order valence-electron chi connectivity index (χ0n) is 19.4. The first kappa shape index (κ1) is 22.8. The van der Waals surface area contributed by atoms with Crippen LogP contribution in [0.15, 0.2) is 46.6 Å². The molecule has 1 aromatic carbocycles. The molecule has 4 aromatic rings. The van der Waals surface area contributed by atoms with Crippen LogP contribution in [0.25, 0.3) is 10.2 Å². The molecule has 1 amide bonds. The molecule has 4 heterocycles. The highest BCUT2D eigenvalue weighted by Crippen LogP contribution is 2.31. The second-order valence-corrected chi connectivity index (χ2v) is 10.6. The fourth-order valence-corrected chi connectivity index (χ4v) is 6.46. The number of hydrogen-bond donors (Lipinski definition) is 0. The van der Waals surface area contributed by atoms with Crippen molar-refractivity contribution in [1.29, 1.82) is 0 Å². The van der Waals surface area contributed by atoms with Gasteiger partial charge in [-0.15, -0.1) is 22.7 Å². The first-order valence-corrected chi connectivity index (χ1v) is 13.2. The predicted molar refractivity (Wildman–Crippen MR) is 137 cm³/mol. The number of methoxy groups -OCH3 is 1. The molecular weight excluding hydrogens is 466 g/mol. The molecule has 5 rings (SSSR count). The van der Waals surface area contributed by atoms with Gasteiger partial charge in [-0.3, -0.25) is 14.2 Å². The number of aromatic nitrogens is 2. The molecule has 0 saturated heterocycles. The summed E-state index contributed by atoms with van der Waals surface area (Å²) in [4.78, 5) is 36.3. The van der Waals surface area contributed by atoms with Crippen molar-refractivity contribution in [3.05, 3.63) is 78.8 Å². The van der Waals surface area contributed by atoms with E-state index in [0.717, 1.165) is 53.3 Å². The summed E-state index contributed by atoms with van der Waals surface area (Å²) in [5, 5.41) is 2.61. The summed E-state index contributed by atoms with van der Waals surface area (Å²) in [6.07, 6.45) is 3.95. The van der Waals surface area contributed by atoms with E-state index >= 15 is 0 Å². The Kier molecular flexibility index (Phi) is 6.52. The summed E-state index contributed by atoms with van der Waals surface area (Å²) < 4.78 is 7.36. The maximum absolute atomic E-state index is 13.9. The summed E-state index contributed by atoms with van der Waals surface area (Å²) in [5.74, 6) is 1.52. The van der Waals surface area contributed by atoms with Gasteiger partial charge in [-0.1, -0.05) is 30.7 Å². The molecule has 0 unspecified atom stereocenters. The number of nitrogens with zero attached hydrogens (tertiary/aromatic N) is 3. The van der Waals surface area contributed by atoms with E-state index in [1.807, 2.05) is 58.2 Å². The third-order valence-corrected chi connectivity index (χ3v) is 8.41. The smallest absolute Gasteiger partial charge is 0.264 e. The molecule has 176 valence electrons. The standard InChI is InChI=1S/C26H27N3O3S2/c1-17-22-24(27-21-12-4-3-7-13-29(21)25(22)30)34-23(17)26(31)28(16-19-10-8-14-33-19)15-18-9-5-6-11-20(18)32-2/h5-6,8-11,14H,3-4,7,12-13,15-16H2,1-2H3. The van der Waals surface area contributed by atoms with Crippen LogP contribution in [0, 0.1) is 6.92 Å². The van der Waals surface area contributed by atoms with Crippen LogP contribution in [-0.2, 0) is 26.1 Å². The van der Waals surface area contributed by atoms with Crippen LogP contribution < -0.4 is 10.3 Å². The molecule has 0 bridgehead atoms. The van der Waals surface area contributed by atoms with Gasteiger partial charge in [-0.2, -0.15) is 0 Å². The zero-order valence-corrected chi connectivity index (χ0v) is 21.0. The molecule has 1 aliphatic rings. The second kappa shape index (κ2) is 9.72. The van der Waals surface area contributed by atoms with Gasteiger partial charge >= 0.3 is 0 Å². The van der Waals surface area contributed by atoms with E-state index < -0.39 is 0 Å². The number of benzene rings is 1. The van der Waals surface area contributed by atoms with Crippen molar-refractivity contribution in [2.75, 3.05) is 7.11 Å². The Morgan fingerprint density at radius 1 is 1.15 bits per heavy atom. The summed E-state index contributed by atoms with van der Waals surface area (Å²) >= 11 is 2.97. The van der Waals surface area contributed by atoms with Gasteiger partial charge in [0.25, 0.3) is 11.5 Å². The van der Waals surface area contributed by atoms with Gasteiger partial charge in [0.05, 0.1) is 30.5 Å². The van der Waals surface area contributed by atoms with E-state index in [1.54, 1.807) is 18.4 Å². The van der Waals surface area contributed by atoms with Gasteiger partial charge in [-0.05, 0) is 42.8 Å². The van der Waals surface area contributed by atoms with E-state index in [0.29, 0.717) is 34.7 Å². The Bertz CT molecular complexity index is 1390. The zero-order chi connectivity index (χ0) is 23.7. The van der Waals surface area contributed by atoms with Crippen LogP contribution in [0.2, 0.25) is 0 Å². The Morgan fingerprint density at radius 3 is 2.79 bits per heavy atom. The number of fused-ring (bicyclic) bond motifs is 2. The maximum atomic E-state index is 13.9. The lowest BCUT2D eigenvalue weighted by Crippen LogP contribution is -2.30. The first-order valence-electron chi connectivity index (χ1n) is 11.5. The normalized spacial score (nSPS) is 13.5. The van der Waals surface area contributed by atoms with Gasteiger partial charge in [0.2, 0.25) is 0 Å². The summed E-state index contributed by atoms with van der Waals surface area (Å²) in [6, 6.07) is 11.8. The molecule has 0 spiro atoms. The highest BCUT2D eigenvalue weighted by atomic mass is 32.1. The van der Waals surface area contributed by atoms with Crippen molar-refractivity contribution in [3.63, 3.8) is 0 Å². The van der Waals surface area contributed by atoms with Crippen molar-refractivity contribution in [1.82, 2.24) is 14.5 Å². The van der Waals surface area contributed by atoms with Crippen LogP contribution >= 0.6 is 22.7 Å². The van der Waals surface area contributed by atoms with Crippen LogP contribution in [0.4, 0.5) is 0 Å². The van der Waals surface area contributed by atoms with Crippen LogP contribution in [0.5, 0.6) is 5.75 Å². The highest BCUT2D eigenvalue weighted by molar-refractivity contribution is 7.20. The average Bonchev–Trinajstić information content (AvgIpc) is 3.39. The number of rotatable bonds is 6. The molecule has 0 aliphatic carbocycles. The number of carbonyl (C=O) groups excluding carboxylic acids is 1. The largest absolute Gasteiger partial charge is 0.496 e.